The van der Waals surface area contributed by atoms with Gasteiger partial charge in [-0.3, -0.25) is 0 Å². The van der Waals surface area contributed by atoms with Crippen molar-refractivity contribution >= 4 is 27.3 Å². The normalized spacial score (nSPS) is 19.0. The van der Waals surface area contributed by atoms with Crippen LogP contribution in [0.4, 0.5) is 5.69 Å². The number of halogens is 1. The number of aliphatic hydroxyl groups is 1. The van der Waals surface area contributed by atoms with Crippen molar-refractivity contribution < 1.29 is 13.5 Å². The van der Waals surface area contributed by atoms with Crippen molar-refractivity contribution in [2.24, 2.45) is 0 Å². The van der Waals surface area contributed by atoms with Crippen LogP contribution in [0.2, 0.25) is 5.02 Å². The summed E-state index contributed by atoms with van der Waals surface area (Å²) in [5.41, 5.74) is 5.85. The summed E-state index contributed by atoms with van der Waals surface area (Å²) in [5, 5.41) is 9.79. The summed E-state index contributed by atoms with van der Waals surface area (Å²) in [6.07, 6.45) is 0.485. The Morgan fingerprint density at radius 1 is 1.33 bits per heavy atom. The molecule has 2 rings (SSSR count). The van der Waals surface area contributed by atoms with E-state index in [-0.39, 0.29) is 10.6 Å². The van der Waals surface area contributed by atoms with E-state index < -0.39 is 16.1 Å². The molecule has 18 heavy (non-hydrogen) atoms. The molecule has 5 nitrogen and oxygen atoms in total. The van der Waals surface area contributed by atoms with Crippen molar-refractivity contribution in [2.75, 3.05) is 18.8 Å². The minimum absolute atomic E-state index is 0.0725. The monoisotopic (exact) mass is 290 g/mol. The number of sulfonamides is 1. The lowest BCUT2D eigenvalue weighted by Gasteiger charge is -2.29. The zero-order valence-electron chi connectivity index (χ0n) is 9.71. The van der Waals surface area contributed by atoms with Crippen LogP contribution in [-0.2, 0) is 10.0 Å². The molecule has 0 saturated carbocycles. The maximum absolute atomic E-state index is 12.3. The molecule has 0 atom stereocenters. The van der Waals surface area contributed by atoms with Gasteiger partial charge in [-0.2, -0.15) is 4.31 Å². The van der Waals surface area contributed by atoms with E-state index in [1.165, 1.54) is 22.5 Å². The fourth-order valence-corrected chi connectivity index (χ4v) is 3.72. The van der Waals surface area contributed by atoms with Gasteiger partial charge in [0, 0.05) is 18.1 Å². The van der Waals surface area contributed by atoms with Gasteiger partial charge in [-0.05, 0) is 31.0 Å². The second-order valence-electron chi connectivity index (χ2n) is 4.32. The highest BCUT2D eigenvalue weighted by molar-refractivity contribution is 7.89. The van der Waals surface area contributed by atoms with Crippen LogP contribution < -0.4 is 5.73 Å². The van der Waals surface area contributed by atoms with Gasteiger partial charge >= 0.3 is 0 Å². The van der Waals surface area contributed by atoms with Crippen LogP contribution >= 0.6 is 11.6 Å². The zero-order chi connectivity index (χ0) is 13.3. The maximum Gasteiger partial charge on any atom is 0.245 e. The van der Waals surface area contributed by atoms with Crippen LogP contribution in [0.3, 0.4) is 0 Å². The molecule has 0 unspecified atom stereocenters. The number of anilines is 1. The van der Waals surface area contributed by atoms with E-state index in [0.29, 0.717) is 31.0 Å². The van der Waals surface area contributed by atoms with Gasteiger partial charge in [-0.1, -0.05) is 11.6 Å². The first kappa shape index (κ1) is 13.6. The number of hydrogen-bond donors (Lipinski definition) is 2. The number of piperidine rings is 1. The third kappa shape index (κ3) is 2.61. The molecule has 1 heterocycles. The minimum Gasteiger partial charge on any atom is -0.398 e. The van der Waals surface area contributed by atoms with Gasteiger partial charge < -0.3 is 10.8 Å². The molecule has 0 bridgehead atoms. The number of benzene rings is 1. The highest BCUT2D eigenvalue weighted by Gasteiger charge is 2.29. The number of aliphatic hydroxyl groups excluding tert-OH is 1. The van der Waals surface area contributed by atoms with Crippen molar-refractivity contribution in [3.63, 3.8) is 0 Å². The second-order valence-corrected chi connectivity index (χ2v) is 6.66. The van der Waals surface area contributed by atoms with Gasteiger partial charge in [-0.15, -0.1) is 0 Å². The van der Waals surface area contributed by atoms with Gasteiger partial charge in [0.1, 0.15) is 4.90 Å². The molecule has 0 amide bonds. The van der Waals surface area contributed by atoms with Crippen LogP contribution in [0, 0.1) is 0 Å². The summed E-state index contributed by atoms with van der Waals surface area (Å²) in [7, 11) is -3.59. The topological polar surface area (TPSA) is 83.6 Å². The maximum atomic E-state index is 12.3. The number of nitrogen functional groups attached to an aromatic ring is 1. The van der Waals surface area contributed by atoms with Gasteiger partial charge in [-0.25, -0.2) is 8.42 Å². The third-order valence-electron chi connectivity index (χ3n) is 3.01. The average Bonchev–Trinajstić information content (AvgIpc) is 2.29. The van der Waals surface area contributed by atoms with Crippen LogP contribution in [0.25, 0.3) is 0 Å². The summed E-state index contributed by atoms with van der Waals surface area (Å²) in [6.45, 7) is 0.622. The summed E-state index contributed by atoms with van der Waals surface area (Å²) in [4.78, 5) is 0.0725. The first-order valence-corrected chi connectivity index (χ1v) is 7.46. The number of nitrogens with zero attached hydrogens (tertiary/aromatic N) is 1. The molecule has 0 aliphatic carbocycles. The predicted octanol–water partition coefficient (Wildman–Crippen LogP) is 1.07. The zero-order valence-corrected chi connectivity index (χ0v) is 11.3. The smallest absolute Gasteiger partial charge is 0.245 e. The number of rotatable bonds is 2. The Morgan fingerprint density at radius 2 is 1.94 bits per heavy atom. The SMILES string of the molecule is Nc1cc(Cl)ccc1S(=O)(=O)N1CCC(O)CC1. The van der Waals surface area contributed by atoms with Crippen molar-refractivity contribution in [3.05, 3.63) is 23.2 Å². The van der Waals surface area contributed by atoms with E-state index in [2.05, 4.69) is 0 Å². The Kier molecular flexibility index (Phi) is 3.82. The highest BCUT2D eigenvalue weighted by atomic mass is 35.5. The molecule has 1 aliphatic heterocycles. The van der Waals surface area contributed by atoms with Crippen molar-refractivity contribution in [1.29, 1.82) is 0 Å². The molecule has 1 aromatic carbocycles. The number of nitrogens with two attached hydrogens (primary N) is 1. The molecular weight excluding hydrogens is 276 g/mol. The largest absolute Gasteiger partial charge is 0.398 e. The molecule has 3 N–H and O–H groups in total. The van der Waals surface area contributed by atoms with Gasteiger partial charge in [0.2, 0.25) is 10.0 Å². The van der Waals surface area contributed by atoms with E-state index in [0.717, 1.165) is 0 Å². The Bertz CT molecular complexity index is 539. The van der Waals surface area contributed by atoms with Crippen molar-refractivity contribution in [3.8, 4) is 0 Å². The molecule has 1 aliphatic rings. The quantitative estimate of drug-likeness (QED) is 0.798. The molecule has 1 fully saturated rings. The molecule has 0 aromatic heterocycles. The lowest BCUT2D eigenvalue weighted by atomic mass is 10.1. The Balaban J connectivity index is 2.30. The molecule has 7 heteroatoms. The first-order valence-electron chi connectivity index (χ1n) is 5.64. The average molecular weight is 291 g/mol. The molecule has 0 radical (unpaired) electrons. The standard InChI is InChI=1S/C11H15ClN2O3S/c12-8-1-2-11(10(13)7-8)18(16,17)14-5-3-9(15)4-6-14/h1-2,7,9,15H,3-6,13H2. The predicted molar refractivity (Wildman–Crippen MR) is 69.9 cm³/mol. The van der Waals surface area contributed by atoms with E-state index >= 15 is 0 Å². The van der Waals surface area contributed by atoms with Crippen LogP contribution in [0.5, 0.6) is 0 Å². The van der Waals surface area contributed by atoms with Crippen LogP contribution in [-0.4, -0.2) is 37.0 Å². The third-order valence-corrected chi connectivity index (χ3v) is 5.22. The minimum atomic E-state index is -3.59. The second kappa shape index (κ2) is 5.05. The van der Waals surface area contributed by atoms with E-state index in [1.807, 2.05) is 0 Å². The molecule has 0 spiro atoms. The Morgan fingerprint density at radius 3 is 2.50 bits per heavy atom. The van der Waals surface area contributed by atoms with Crippen LogP contribution in [0.15, 0.2) is 23.1 Å². The summed E-state index contributed by atoms with van der Waals surface area (Å²) in [5.74, 6) is 0. The Labute approximate surface area is 111 Å². The Hall–Kier alpha value is -0.820. The van der Waals surface area contributed by atoms with E-state index in [1.54, 1.807) is 0 Å². The van der Waals surface area contributed by atoms with Gasteiger partial charge in [0.15, 0.2) is 0 Å². The van der Waals surface area contributed by atoms with E-state index in [4.69, 9.17) is 17.3 Å². The van der Waals surface area contributed by atoms with Crippen molar-refractivity contribution in [2.45, 2.75) is 23.8 Å². The fraction of sp³-hybridized carbons (Fsp3) is 0.455. The van der Waals surface area contributed by atoms with Gasteiger partial charge in [0.05, 0.1) is 11.8 Å². The lowest BCUT2D eigenvalue weighted by molar-refractivity contribution is 0.113. The fourth-order valence-electron chi connectivity index (χ4n) is 1.98. The van der Waals surface area contributed by atoms with Crippen LogP contribution in [0.1, 0.15) is 12.8 Å². The lowest BCUT2D eigenvalue weighted by Crippen LogP contribution is -2.40. The summed E-state index contributed by atoms with van der Waals surface area (Å²) >= 11 is 5.75. The highest BCUT2D eigenvalue weighted by Crippen LogP contribution is 2.27. The van der Waals surface area contributed by atoms with Gasteiger partial charge in [0.25, 0.3) is 0 Å². The molecule has 1 aromatic rings. The molecular formula is C11H15ClN2O3S. The molecule has 100 valence electrons. The summed E-state index contributed by atoms with van der Waals surface area (Å²) < 4.78 is 26.0. The van der Waals surface area contributed by atoms with E-state index in [9.17, 15) is 13.5 Å². The van der Waals surface area contributed by atoms with Crippen molar-refractivity contribution in [1.82, 2.24) is 4.31 Å². The summed E-state index contributed by atoms with van der Waals surface area (Å²) in [6, 6.07) is 4.34. The first-order chi connectivity index (χ1) is 8.41. The number of hydrogen-bond acceptors (Lipinski definition) is 4. The molecule has 1 saturated heterocycles.